The summed E-state index contributed by atoms with van der Waals surface area (Å²) in [6, 6.07) is 6.41. The number of rotatable bonds is 4. The molecule has 102 valence electrons. The van der Waals surface area contributed by atoms with E-state index < -0.39 is 0 Å². The summed E-state index contributed by atoms with van der Waals surface area (Å²) in [4.78, 5) is 4.79. The van der Waals surface area contributed by atoms with E-state index >= 15 is 0 Å². The van der Waals surface area contributed by atoms with Crippen molar-refractivity contribution in [3.8, 4) is 0 Å². The summed E-state index contributed by atoms with van der Waals surface area (Å²) in [5.74, 6) is 1.02. The lowest BCUT2D eigenvalue weighted by Gasteiger charge is -2.17. The van der Waals surface area contributed by atoms with Crippen molar-refractivity contribution in [2.24, 2.45) is 5.41 Å². The van der Waals surface area contributed by atoms with E-state index in [1.54, 1.807) is 0 Å². The van der Waals surface area contributed by atoms with Gasteiger partial charge in [0.05, 0.1) is 16.4 Å². The first-order chi connectivity index (χ1) is 9.06. The number of nitrogens with zero attached hydrogens (tertiary/aromatic N) is 2. The van der Waals surface area contributed by atoms with Gasteiger partial charge in [0.2, 0.25) is 0 Å². The van der Waals surface area contributed by atoms with Crippen LogP contribution in [-0.2, 0) is 6.54 Å². The van der Waals surface area contributed by atoms with Gasteiger partial charge in [0.25, 0.3) is 0 Å². The second-order valence-corrected chi connectivity index (χ2v) is 6.62. The molecule has 19 heavy (non-hydrogen) atoms. The maximum absolute atomic E-state index is 6.34. The zero-order valence-electron chi connectivity index (χ0n) is 11.9. The summed E-state index contributed by atoms with van der Waals surface area (Å²) >= 11 is 6.34. The molecular weight excluding hydrogens is 256 g/mol. The number of alkyl halides is 1. The monoisotopic (exact) mass is 276 g/mol. The summed E-state index contributed by atoms with van der Waals surface area (Å²) in [7, 11) is 0. The maximum Gasteiger partial charge on any atom is 0.127 e. The molecule has 1 aromatic carbocycles. The number of aryl methyl sites for hydroxylation is 1. The van der Waals surface area contributed by atoms with Crippen LogP contribution >= 0.6 is 11.6 Å². The minimum atomic E-state index is -0.0422. The molecule has 1 aliphatic rings. The molecule has 1 aliphatic carbocycles. The van der Waals surface area contributed by atoms with Gasteiger partial charge >= 0.3 is 0 Å². The molecular formula is C16H21ClN2. The van der Waals surface area contributed by atoms with Crippen LogP contribution in [-0.4, -0.2) is 9.55 Å². The molecule has 2 aromatic rings. The van der Waals surface area contributed by atoms with E-state index in [0.29, 0.717) is 5.41 Å². The van der Waals surface area contributed by atoms with E-state index in [9.17, 15) is 0 Å². The van der Waals surface area contributed by atoms with Gasteiger partial charge in [0, 0.05) is 6.54 Å². The highest BCUT2D eigenvalue weighted by Crippen LogP contribution is 2.50. The molecule has 1 saturated carbocycles. The van der Waals surface area contributed by atoms with Crippen molar-refractivity contribution < 1.29 is 0 Å². The first-order valence-corrected chi connectivity index (χ1v) is 7.60. The number of para-hydroxylation sites is 1. The summed E-state index contributed by atoms with van der Waals surface area (Å²) < 4.78 is 2.36. The second kappa shape index (κ2) is 4.52. The Hall–Kier alpha value is -1.02. The Morgan fingerprint density at radius 3 is 2.74 bits per heavy atom. The summed E-state index contributed by atoms with van der Waals surface area (Å²) in [5, 5.41) is -0.0422. The number of halogens is 1. The Balaban J connectivity index is 2.14. The smallest absolute Gasteiger partial charge is 0.127 e. The fraction of sp³-hybridized carbons (Fsp3) is 0.562. The van der Waals surface area contributed by atoms with Gasteiger partial charge in [-0.15, -0.1) is 11.6 Å². The van der Waals surface area contributed by atoms with Gasteiger partial charge in [-0.1, -0.05) is 19.1 Å². The SMILES string of the molecule is CCC1(Cn2c(C(C)Cl)nc3c(C)cccc32)CC1. The average Bonchev–Trinajstić information content (AvgIpc) is 3.06. The van der Waals surface area contributed by atoms with Gasteiger partial charge in [0.15, 0.2) is 0 Å². The first kappa shape index (κ1) is 13.0. The van der Waals surface area contributed by atoms with Gasteiger partial charge in [-0.25, -0.2) is 4.98 Å². The van der Waals surface area contributed by atoms with Crippen LogP contribution in [0.2, 0.25) is 0 Å². The Bertz CT molecular complexity index is 608. The predicted molar refractivity (Wildman–Crippen MR) is 80.7 cm³/mol. The van der Waals surface area contributed by atoms with Crippen LogP contribution in [0.5, 0.6) is 0 Å². The van der Waals surface area contributed by atoms with E-state index in [1.807, 2.05) is 6.92 Å². The van der Waals surface area contributed by atoms with Crippen LogP contribution in [0.3, 0.4) is 0 Å². The number of hydrogen-bond donors (Lipinski definition) is 0. The Labute approximate surface area is 119 Å². The number of benzene rings is 1. The van der Waals surface area contributed by atoms with Crippen molar-refractivity contribution in [2.45, 2.75) is 52.0 Å². The van der Waals surface area contributed by atoms with Crippen LogP contribution in [0.1, 0.15) is 49.9 Å². The highest BCUT2D eigenvalue weighted by atomic mass is 35.5. The maximum atomic E-state index is 6.34. The average molecular weight is 277 g/mol. The molecule has 0 bridgehead atoms. The van der Waals surface area contributed by atoms with Crippen molar-refractivity contribution in [2.75, 3.05) is 0 Å². The van der Waals surface area contributed by atoms with Crippen molar-refractivity contribution in [1.29, 1.82) is 0 Å². The molecule has 0 aliphatic heterocycles. The van der Waals surface area contributed by atoms with Crippen LogP contribution < -0.4 is 0 Å². The quantitative estimate of drug-likeness (QED) is 0.731. The lowest BCUT2D eigenvalue weighted by atomic mass is 10.0. The van der Waals surface area contributed by atoms with Crippen LogP contribution in [0.4, 0.5) is 0 Å². The molecule has 0 spiro atoms. The summed E-state index contributed by atoms with van der Waals surface area (Å²) in [5.41, 5.74) is 4.08. The number of hydrogen-bond acceptors (Lipinski definition) is 1. The summed E-state index contributed by atoms with van der Waals surface area (Å²) in [6.07, 6.45) is 3.92. The van der Waals surface area contributed by atoms with E-state index in [1.165, 1.54) is 30.3 Å². The molecule has 1 atom stereocenters. The molecule has 0 saturated heterocycles. The highest BCUT2D eigenvalue weighted by molar-refractivity contribution is 6.20. The van der Waals surface area contributed by atoms with Crippen LogP contribution in [0.25, 0.3) is 11.0 Å². The minimum Gasteiger partial charge on any atom is -0.326 e. The zero-order valence-corrected chi connectivity index (χ0v) is 12.7. The molecule has 0 N–H and O–H groups in total. The van der Waals surface area contributed by atoms with Crippen LogP contribution in [0.15, 0.2) is 18.2 Å². The molecule has 1 fully saturated rings. The molecule has 3 rings (SSSR count). The van der Waals surface area contributed by atoms with Crippen molar-refractivity contribution in [3.63, 3.8) is 0 Å². The second-order valence-electron chi connectivity index (χ2n) is 5.97. The molecule has 0 radical (unpaired) electrons. The van der Waals surface area contributed by atoms with Crippen molar-refractivity contribution in [1.82, 2.24) is 9.55 Å². The topological polar surface area (TPSA) is 17.8 Å². The molecule has 3 heteroatoms. The van der Waals surface area contributed by atoms with Gasteiger partial charge in [0.1, 0.15) is 5.82 Å². The third-order valence-electron chi connectivity index (χ3n) is 4.57. The number of imidazole rings is 1. The fourth-order valence-corrected chi connectivity index (χ4v) is 3.08. The Morgan fingerprint density at radius 2 is 2.16 bits per heavy atom. The number of fused-ring (bicyclic) bond motifs is 1. The van der Waals surface area contributed by atoms with E-state index in [4.69, 9.17) is 16.6 Å². The molecule has 0 amide bonds. The minimum absolute atomic E-state index is 0.0422. The van der Waals surface area contributed by atoms with Crippen molar-refractivity contribution in [3.05, 3.63) is 29.6 Å². The van der Waals surface area contributed by atoms with Gasteiger partial charge < -0.3 is 4.57 Å². The summed E-state index contributed by atoms with van der Waals surface area (Å²) in [6.45, 7) is 7.49. The standard InChI is InChI=1S/C16H21ClN2/c1-4-16(8-9-16)10-19-13-7-5-6-11(2)14(13)18-15(19)12(3)17/h5-7,12H,4,8-10H2,1-3H3. The van der Waals surface area contributed by atoms with Crippen LogP contribution in [0, 0.1) is 12.3 Å². The Kier molecular flexibility index (Phi) is 3.09. The lowest BCUT2D eigenvalue weighted by Crippen LogP contribution is -2.13. The van der Waals surface area contributed by atoms with E-state index in [0.717, 1.165) is 17.9 Å². The first-order valence-electron chi connectivity index (χ1n) is 7.16. The zero-order chi connectivity index (χ0) is 13.6. The molecule has 1 heterocycles. The highest BCUT2D eigenvalue weighted by Gasteiger charge is 2.41. The predicted octanol–water partition coefficient (Wildman–Crippen LogP) is 4.83. The van der Waals surface area contributed by atoms with Gasteiger partial charge in [-0.05, 0) is 50.2 Å². The van der Waals surface area contributed by atoms with Gasteiger partial charge in [-0.2, -0.15) is 0 Å². The van der Waals surface area contributed by atoms with Crippen molar-refractivity contribution >= 4 is 22.6 Å². The molecule has 1 unspecified atom stereocenters. The largest absolute Gasteiger partial charge is 0.326 e. The fourth-order valence-electron chi connectivity index (χ4n) is 2.91. The van der Waals surface area contributed by atoms with E-state index in [2.05, 4.69) is 36.6 Å². The third-order valence-corrected chi connectivity index (χ3v) is 4.76. The molecule has 1 aromatic heterocycles. The van der Waals surface area contributed by atoms with Gasteiger partial charge in [-0.3, -0.25) is 0 Å². The lowest BCUT2D eigenvalue weighted by molar-refractivity contribution is 0.407. The number of aromatic nitrogens is 2. The Morgan fingerprint density at radius 1 is 1.42 bits per heavy atom. The molecule has 2 nitrogen and oxygen atoms in total. The third kappa shape index (κ3) is 2.16. The normalized spacial score (nSPS) is 18.7. The van der Waals surface area contributed by atoms with E-state index in [-0.39, 0.29) is 5.38 Å².